The standard InChI is InChI=1S/C17H13F3O5/c1-23-15(21)13-4-2-3-5-14(13)16(22)24-10-11-6-8-12(9-7-11)25-17(18,19)20/h2-9H,10H2,1H3. The third-order valence-electron chi connectivity index (χ3n) is 3.08. The van der Waals surface area contributed by atoms with Gasteiger partial charge in [-0.1, -0.05) is 24.3 Å². The van der Waals surface area contributed by atoms with Crippen LogP contribution in [-0.2, 0) is 16.1 Å². The first-order valence-corrected chi connectivity index (χ1v) is 6.99. The molecular weight excluding hydrogens is 341 g/mol. The number of hydrogen-bond acceptors (Lipinski definition) is 5. The molecule has 0 saturated heterocycles. The fraction of sp³-hybridized carbons (Fsp3) is 0.176. The van der Waals surface area contributed by atoms with Crippen molar-refractivity contribution in [2.75, 3.05) is 7.11 Å². The van der Waals surface area contributed by atoms with Gasteiger partial charge in [-0.3, -0.25) is 0 Å². The van der Waals surface area contributed by atoms with Crippen LogP contribution in [-0.4, -0.2) is 25.4 Å². The Morgan fingerprint density at radius 3 is 2.00 bits per heavy atom. The highest BCUT2D eigenvalue weighted by atomic mass is 19.4. The van der Waals surface area contributed by atoms with Crippen LogP contribution in [0, 0.1) is 0 Å². The van der Waals surface area contributed by atoms with Gasteiger partial charge in [-0.15, -0.1) is 13.2 Å². The van der Waals surface area contributed by atoms with Gasteiger partial charge >= 0.3 is 18.3 Å². The highest BCUT2D eigenvalue weighted by Gasteiger charge is 2.30. The number of halogens is 3. The van der Waals surface area contributed by atoms with Crippen molar-refractivity contribution in [1.29, 1.82) is 0 Å². The van der Waals surface area contributed by atoms with Crippen LogP contribution in [0.3, 0.4) is 0 Å². The minimum absolute atomic E-state index is 0.0337. The second-order valence-corrected chi connectivity index (χ2v) is 4.81. The molecule has 0 fully saturated rings. The van der Waals surface area contributed by atoms with Crippen molar-refractivity contribution in [3.63, 3.8) is 0 Å². The van der Waals surface area contributed by atoms with Crippen LogP contribution in [0.2, 0.25) is 0 Å². The van der Waals surface area contributed by atoms with Gasteiger partial charge < -0.3 is 14.2 Å². The van der Waals surface area contributed by atoms with Crippen LogP contribution in [0.15, 0.2) is 48.5 Å². The van der Waals surface area contributed by atoms with E-state index in [-0.39, 0.29) is 23.5 Å². The van der Waals surface area contributed by atoms with Crippen molar-refractivity contribution in [3.05, 3.63) is 65.2 Å². The van der Waals surface area contributed by atoms with Gasteiger partial charge in [0.05, 0.1) is 18.2 Å². The van der Waals surface area contributed by atoms with Gasteiger partial charge in [0.25, 0.3) is 0 Å². The number of carbonyl (C=O) groups is 2. The predicted octanol–water partition coefficient (Wildman–Crippen LogP) is 3.73. The summed E-state index contributed by atoms with van der Waals surface area (Å²) >= 11 is 0. The number of alkyl halides is 3. The number of benzene rings is 2. The second kappa shape index (κ2) is 7.69. The Morgan fingerprint density at radius 1 is 0.920 bits per heavy atom. The van der Waals surface area contributed by atoms with E-state index in [1.807, 2.05) is 0 Å². The Labute approximate surface area is 140 Å². The number of hydrogen-bond donors (Lipinski definition) is 0. The van der Waals surface area contributed by atoms with E-state index in [1.54, 1.807) is 12.1 Å². The van der Waals surface area contributed by atoms with Crippen molar-refractivity contribution >= 4 is 11.9 Å². The van der Waals surface area contributed by atoms with Crippen molar-refractivity contribution in [3.8, 4) is 5.75 Å². The van der Waals surface area contributed by atoms with Crippen LogP contribution in [0.4, 0.5) is 13.2 Å². The molecule has 2 rings (SSSR count). The van der Waals surface area contributed by atoms with Crippen LogP contribution in [0.1, 0.15) is 26.3 Å². The van der Waals surface area contributed by atoms with Gasteiger partial charge in [0, 0.05) is 0 Å². The first kappa shape index (κ1) is 18.3. The summed E-state index contributed by atoms with van der Waals surface area (Å²) in [5.74, 6) is -1.81. The molecule has 0 N–H and O–H groups in total. The molecule has 5 nitrogen and oxygen atoms in total. The fourth-order valence-electron chi connectivity index (χ4n) is 1.96. The Kier molecular flexibility index (Phi) is 5.63. The van der Waals surface area contributed by atoms with Gasteiger partial charge in [0.1, 0.15) is 12.4 Å². The van der Waals surface area contributed by atoms with Crippen LogP contribution in [0.5, 0.6) is 5.75 Å². The summed E-state index contributed by atoms with van der Waals surface area (Å²) < 4.78 is 49.7. The Hall–Kier alpha value is -3.03. The minimum atomic E-state index is -4.77. The molecule has 0 atom stereocenters. The van der Waals surface area contributed by atoms with Crippen molar-refractivity contribution < 1.29 is 37.0 Å². The lowest BCUT2D eigenvalue weighted by Crippen LogP contribution is -2.17. The number of rotatable bonds is 5. The van der Waals surface area contributed by atoms with E-state index < -0.39 is 18.3 Å². The first-order chi connectivity index (χ1) is 11.8. The van der Waals surface area contributed by atoms with Gasteiger partial charge in [-0.05, 0) is 29.8 Å². The lowest BCUT2D eigenvalue weighted by molar-refractivity contribution is -0.274. The zero-order chi connectivity index (χ0) is 18.4. The van der Waals surface area contributed by atoms with Gasteiger partial charge in [0.2, 0.25) is 0 Å². The van der Waals surface area contributed by atoms with Crippen molar-refractivity contribution in [1.82, 2.24) is 0 Å². The lowest BCUT2D eigenvalue weighted by Gasteiger charge is -2.10. The molecular formula is C17H13F3O5. The highest BCUT2D eigenvalue weighted by Crippen LogP contribution is 2.23. The maximum atomic E-state index is 12.1. The van der Waals surface area contributed by atoms with E-state index in [0.717, 1.165) is 12.1 Å². The average molecular weight is 354 g/mol. The lowest BCUT2D eigenvalue weighted by atomic mass is 10.1. The van der Waals surface area contributed by atoms with E-state index in [0.29, 0.717) is 5.56 Å². The monoisotopic (exact) mass is 354 g/mol. The van der Waals surface area contributed by atoms with Crippen LogP contribution in [0.25, 0.3) is 0 Å². The predicted molar refractivity (Wildman–Crippen MR) is 80.0 cm³/mol. The zero-order valence-electron chi connectivity index (χ0n) is 13.0. The molecule has 0 aliphatic carbocycles. The molecule has 0 aliphatic heterocycles. The van der Waals surface area contributed by atoms with Crippen molar-refractivity contribution in [2.45, 2.75) is 13.0 Å². The summed E-state index contributed by atoms with van der Waals surface area (Å²) in [6.07, 6.45) is -4.77. The second-order valence-electron chi connectivity index (χ2n) is 4.81. The van der Waals surface area contributed by atoms with Gasteiger partial charge in [-0.2, -0.15) is 0 Å². The molecule has 25 heavy (non-hydrogen) atoms. The molecule has 0 aromatic heterocycles. The summed E-state index contributed by atoms with van der Waals surface area (Å²) in [4.78, 5) is 23.7. The quantitative estimate of drug-likeness (QED) is 0.766. The zero-order valence-corrected chi connectivity index (χ0v) is 13.0. The summed E-state index contributed by atoms with van der Waals surface area (Å²) in [6.45, 7) is -0.180. The minimum Gasteiger partial charge on any atom is -0.465 e. The SMILES string of the molecule is COC(=O)c1ccccc1C(=O)OCc1ccc(OC(F)(F)F)cc1. The molecule has 0 amide bonds. The van der Waals surface area contributed by atoms with E-state index >= 15 is 0 Å². The molecule has 0 saturated carbocycles. The van der Waals surface area contributed by atoms with Crippen molar-refractivity contribution in [2.24, 2.45) is 0 Å². The molecule has 0 bridgehead atoms. The molecule has 8 heteroatoms. The molecule has 0 heterocycles. The Balaban J connectivity index is 2.02. The third-order valence-corrected chi connectivity index (χ3v) is 3.08. The first-order valence-electron chi connectivity index (χ1n) is 6.99. The van der Waals surface area contributed by atoms with E-state index in [2.05, 4.69) is 9.47 Å². The number of esters is 2. The number of ether oxygens (including phenoxy) is 3. The normalized spacial score (nSPS) is 10.9. The Morgan fingerprint density at radius 2 is 1.48 bits per heavy atom. The van der Waals surface area contributed by atoms with Crippen LogP contribution < -0.4 is 4.74 Å². The number of methoxy groups -OCH3 is 1. The van der Waals surface area contributed by atoms with E-state index in [9.17, 15) is 22.8 Å². The molecule has 2 aromatic rings. The molecule has 132 valence electrons. The Bertz CT molecular complexity index is 754. The smallest absolute Gasteiger partial charge is 0.465 e. The topological polar surface area (TPSA) is 61.8 Å². The molecule has 0 unspecified atom stereocenters. The van der Waals surface area contributed by atoms with Crippen LogP contribution >= 0.6 is 0 Å². The molecule has 0 spiro atoms. The largest absolute Gasteiger partial charge is 0.573 e. The summed E-state index contributed by atoms with van der Waals surface area (Å²) in [5, 5.41) is 0. The molecule has 0 radical (unpaired) electrons. The van der Waals surface area contributed by atoms with E-state index in [1.165, 1.54) is 31.4 Å². The maximum Gasteiger partial charge on any atom is 0.573 e. The summed E-state index contributed by atoms with van der Waals surface area (Å²) in [7, 11) is 1.19. The summed E-state index contributed by atoms with van der Waals surface area (Å²) in [6, 6.07) is 10.9. The summed E-state index contributed by atoms with van der Waals surface area (Å²) in [5.41, 5.74) is 0.550. The third kappa shape index (κ3) is 5.23. The molecule has 2 aromatic carbocycles. The number of carbonyl (C=O) groups excluding carboxylic acids is 2. The van der Waals surface area contributed by atoms with E-state index in [4.69, 9.17) is 4.74 Å². The average Bonchev–Trinajstić information content (AvgIpc) is 2.59. The highest BCUT2D eigenvalue weighted by molar-refractivity contribution is 6.03. The fourth-order valence-corrected chi connectivity index (χ4v) is 1.96. The maximum absolute atomic E-state index is 12.1. The molecule has 0 aliphatic rings. The van der Waals surface area contributed by atoms with Gasteiger partial charge in [0.15, 0.2) is 0 Å². The van der Waals surface area contributed by atoms with Gasteiger partial charge in [-0.25, -0.2) is 9.59 Å².